The number of nitrogens with zero attached hydrogens (tertiary/aromatic N) is 4. The maximum atomic E-state index is 5.60. The number of benzene rings is 1. The minimum atomic E-state index is 0.192. The van der Waals surface area contributed by atoms with E-state index in [-0.39, 0.29) is 6.04 Å². The van der Waals surface area contributed by atoms with Crippen molar-refractivity contribution in [1.82, 2.24) is 20.0 Å². The lowest BCUT2D eigenvalue weighted by Gasteiger charge is -2.33. The average Bonchev–Trinajstić information content (AvgIpc) is 3.14. The van der Waals surface area contributed by atoms with E-state index in [1.165, 1.54) is 18.4 Å². The minimum absolute atomic E-state index is 0.192. The van der Waals surface area contributed by atoms with Crippen LogP contribution in [0.15, 0.2) is 59.4 Å². The van der Waals surface area contributed by atoms with Crippen LogP contribution in [0.25, 0.3) is 11.4 Å². The predicted octanol–water partition coefficient (Wildman–Crippen LogP) is 3.86. The topological polar surface area (TPSA) is 55.1 Å². The van der Waals surface area contributed by atoms with Gasteiger partial charge in [0.15, 0.2) is 0 Å². The Labute approximate surface area is 141 Å². The fourth-order valence-corrected chi connectivity index (χ4v) is 3.26. The Morgan fingerprint density at radius 2 is 2.00 bits per heavy atom. The van der Waals surface area contributed by atoms with Gasteiger partial charge in [0.2, 0.25) is 11.7 Å². The van der Waals surface area contributed by atoms with Crippen LogP contribution in [0.1, 0.15) is 36.8 Å². The van der Waals surface area contributed by atoms with Crippen molar-refractivity contribution in [2.75, 3.05) is 6.54 Å². The zero-order valence-electron chi connectivity index (χ0n) is 13.5. The van der Waals surface area contributed by atoms with Crippen LogP contribution in [0, 0.1) is 0 Å². The fraction of sp³-hybridized carbons (Fsp3) is 0.316. The molecule has 2 aromatic heterocycles. The highest BCUT2D eigenvalue weighted by Gasteiger charge is 2.28. The maximum Gasteiger partial charge on any atom is 0.244 e. The van der Waals surface area contributed by atoms with E-state index in [1.807, 2.05) is 12.1 Å². The first-order valence-corrected chi connectivity index (χ1v) is 8.42. The summed E-state index contributed by atoms with van der Waals surface area (Å²) in [7, 11) is 0. The molecule has 3 heterocycles. The van der Waals surface area contributed by atoms with Crippen molar-refractivity contribution >= 4 is 0 Å². The van der Waals surface area contributed by atoms with Gasteiger partial charge in [-0.3, -0.25) is 9.88 Å². The van der Waals surface area contributed by atoms with Gasteiger partial charge in [0.25, 0.3) is 0 Å². The Morgan fingerprint density at radius 1 is 1.08 bits per heavy atom. The molecule has 0 bridgehead atoms. The molecule has 5 nitrogen and oxygen atoms in total. The highest BCUT2D eigenvalue weighted by Crippen LogP contribution is 2.32. The largest absolute Gasteiger partial charge is 0.337 e. The van der Waals surface area contributed by atoms with Gasteiger partial charge in [0.1, 0.15) is 0 Å². The van der Waals surface area contributed by atoms with Crippen LogP contribution < -0.4 is 0 Å². The first-order chi connectivity index (χ1) is 11.9. The van der Waals surface area contributed by atoms with Gasteiger partial charge in [-0.2, -0.15) is 4.98 Å². The summed E-state index contributed by atoms with van der Waals surface area (Å²) in [5, 5.41) is 4.15. The SMILES string of the molecule is c1ccc(CN2CCCC[C@@H]2c2nc(-c3cccnc3)no2)cc1. The van der Waals surface area contributed by atoms with E-state index in [4.69, 9.17) is 4.52 Å². The van der Waals surface area contributed by atoms with Gasteiger partial charge in [-0.1, -0.05) is 41.9 Å². The van der Waals surface area contributed by atoms with Crippen molar-refractivity contribution < 1.29 is 4.52 Å². The summed E-state index contributed by atoms with van der Waals surface area (Å²) in [6, 6.07) is 14.6. The molecule has 4 rings (SSSR count). The van der Waals surface area contributed by atoms with Crippen molar-refractivity contribution in [3.63, 3.8) is 0 Å². The summed E-state index contributed by atoms with van der Waals surface area (Å²) in [6.45, 7) is 1.97. The predicted molar refractivity (Wildman–Crippen MR) is 91.0 cm³/mol. The van der Waals surface area contributed by atoms with Crippen LogP contribution in [-0.4, -0.2) is 26.6 Å². The summed E-state index contributed by atoms with van der Waals surface area (Å²) < 4.78 is 5.60. The van der Waals surface area contributed by atoms with Crippen LogP contribution in [0.5, 0.6) is 0 Å². The molecule has 0 amide bonds. The molecule has 0 unspecified atom stereocenters. The monoisotopic (exact) mass is 320 g/mol. The number of hydrogen-bond donors (Lipinski definition) is 0. The lowest BCUT2D eigenvalue weighted by molar-refractivity contribution is 0.111. The molecule has 1 atom stereocenters. The highest BCUT2D eigenvalue weighted by atomic mass is 16.5. The van der Waals surface area contributed by atoms with E-state index >= 15 is 0 Å². The molecule has 3 aromatic rings. The van der Waals surface area contributed by atoms with E-state index in [0.29, 0.717) is 11.7 Å². The number of likely N-dealkylation sites (tertiary alicyclic amines) is 1. The number of aromatic nitrogens is 3. The number of piperidine rings is 1. The Hall–Kier alpha value is -2.53. The van der Waals surface area contributed by atoms with Crippen LogP contribution in [-0.2, 0) is 6.54 Å². The van der Waals surface area contributed by atoms with Crippen molar-refractivity contribution in [1.29, 1.82) is 0 Å². The van der Waals surface area contributed by atoms with Gasteiger partial charge < -0.3 is 4.52 Å². The number of hydrogen-bond acceptors (Lipinski definition) is 5. The van der Waals surface area contributed by atoms with Gasteiger partial charge >= 0.3 is 0 Å². The molecule has 1 aliphatic heterocycles. The van der Waals surface area contributed by atoms with Crippen LogP contribution in [0.4, 0.5) is 0 Å². The van der Waals surface area contributed by atoms with Crippen LogP contribution in [0.3, 0.4) is 0 Å². The molecular weight excluding hydrogens is 300 g/mol. The molecule has 0 N–H and O–H groups in total. The second kappa shape index (κ2) is 6.93. The van der Waals surface area contributed by atoms with Crippen molar-refractivity contribution in [3.8, 4) is 11.4 Å². The van der Waals surface area contributed by atoms with Gasteiger partial charge in [-0.25, -0.2) is 0 Å². The summed E-state index contributed by atoms with van der Waals surface area (Å²) in [5.74, 6) is 1.33. The molecule has 0 saturated carbocycles. The zero-order valence-corrected chi connectivity index (χ0v) is 13.5. The Bertz CT molecular complexity index is 772. The van der Waals surface area contributed by atoms with Crippen molar-refractivity contribution in [2.45, 2.75) is 31.8 Å². The zero-order chi connectivity index (χ0) is 16.2. The smallest absolute Gasteiger partial charge is 0.244 e. The van der Waals surface area contributed by atoms with Gasteiger partial charge in [-0.05, 0) is 37.1 Å². The van der Waals surface area contributed by atoms with E-state index < -0.39 is 0 Å². The molecule has 5 heteroatoms. The first-order valence-electron chi connectivity index (χ1n) is 8.42. The van der Waals surface area contributed by atoms with Crippen LogP contribution in [0.2, 0.25) is 0 Å². The Kier molecular flexibility index (Phi) is 4.34. The lowest BCUT2D eigenvalue weighted by atomic mass is 10.0. The second-order valence-corrected chi connectivity index (χ2v) is 6.17. The summed E-state index contributed by atoms with van der Waals surface area (Å²) in [5.41, 5.74) is 2.20. The molecule has 0 radical (unpaired) electrons. The molecular formula is C19H20N4O. The summed E-state index contributed by atoms with van der Waals surface area (Å²) in [4.78, 5) is 11.2. The molecule has 1 saturated heterocycles. The summed E-state index contributed by atoms with van der Waals surface area (Å²) >= 11 is 0. The molecule has 1 fully saturated rings. The highest BCUT2D eigenvalue weighted by molar-refractivity contribution is 5.51. The lowest BCUT2D eigenvalue weighted by Crippen LogP contribution is -2.33. The normalized spacial score (nSPS) is 18.6. The summed E-state index contributed by atoms with van der Waals surface area (Å²) in [6.07, 6.45) is 6.97. The van der Waals surface area contributed by atoms with Gasteiger partial charge in [0, 0.05) is 24.5 Å². The standard InChI is InChI=1S/C19H20N4O/c1-2-7-15(8-3-1)14-23-12-5-4-10-17(23)19-21-18(22-24-19)16-9-6-11-20-13-16/h1-3,6-9,11,13,17H,4-5,10,12,14H2/t17-/m1/s1. The molecule has 24 heavy (non-hydrogen) atoms. The second-order valence-electron chi connectivity index (χ2n) is 6.17. The van der Waals surface area contributed by atoms with E-state index in [1.54, 1.807) is 12.4 Å². The third-order valence-electron chi connectivity index (χ3n) is 4.49. The number of pyridine rings is 1. The van der Waals surface area contributed by atoms with Crippen molar-refractivity contribution in [3.05, 3.63) is 66.3 Å². The average molecular weight is 320 g/mol. The molecule has 122 valence electrons. The quantitative estimate of drug-likeness (QED) is 0.730. The van der Waals surface area contributed by atoms with Crippen molar-refractivity contribution in [2.24, 2.45) is 0 Å². The van der Waals surface area contributed by atoms with E-state index in [9.17, 15) is 0 Å². The fourth-order valence-electron chi connectivity index (χ4n) is 3.26. The molecule has 0 spiro atoms. The third kappa shape index (κ3) is 3.21. The first kappa shape index (κ1) is 15.0. The molecule has 1 aromatic carbocycles. The Morgan fingerprint density at radius 3 is 2.83 bits per heavy atom. The van der Waals surface area contributed by atoms with Crippen LogP contribution >= 0.6 is 0 Å². The molecule has 1 aliphatic rings. The Balaban J connectivity index is 1.56. The van der Waals surface area contributed by atoms with Gasteiger partial charge in [0.05, 0.1) is 6.04 Å². The number of rotatable bonds is 4. The van der Waals surface area contributed by atoms with E-state index in [0.717, 1.165) is 25.1 Å². The third-order valence-corrected chi connectivity index (χ3v) is 4.49. The minimum Gasteiger partial charge on any atom is -0.337 e. The van der Waals surface area contributed by atoms with E-state index in [2.05, 4.69) is 50.4 Å². The van der Waals surface area contributed by atoms with Gasteiger partial charge in [-0.15, -0.1) is 0 Å². The molecule has 0 aliphatic carbocycles. The maximum absolute atomic E-state index is 5.60.